The summed E-state index contributed by atoms with van der Waals surface area (Å²) in [4.78, 5) is 91.5. The number of hydrogen-bond donors (Lipinski definition) is 9. The van der Waals surface area contributed by atoms with E-state index in [-0.39, 0.29) is 43.2 Å². The van der Waals surface area contributed by atoms with Gasteiger partial charge in [0, 0.05) is 26.3 Å². The Bertz CT molecular complexity index is 1430. The Labute approximate surface area is 268 Å². The highest BCUT2D eigenvalue weighted by Gasteiger charge is 2.32. The van der Waals surface area contributed by atoms with Gasteiger partial charge in [0.1, 0.15) is 18.1 Å². The second-order valence-electron chi connectivity index (χ2n) is 10.4. The lowest BCUT2D eigenvalue weighted by molar-refractivity contribution is -0.138. The molecule has 5 amide bonds. The second kappa shape index (κ2) is 18.0. The number of amides is 5. The molecule has 0 unspecified atom stereocenters. The topological polar surface area (TPSA) is 289 Å². The van der Waals surface area contributed by atoms with Gasteiger partial charge in [-0.1, -0.05) is 12.1 Å². The largest absolute Gasteiger partial charge is 0.481 e. The van der Waals surface area contributed by atoms with E-state index in [4.69, 9.17) is 22.0 Å². The van der Waals surface area contributed by atoms with Crippen molar-refractivity contribution < 1.29 is 38.7 Å². The Hall–Kier alpha value is -5.13. The minimum Gasteiger partial charge on any atom is -0.481 e. The van der Waals surface area contributed by atoms with Crippen LogP contribution in [0, 0.1) is 5.41 Å². The van der Waals surface area contributed by atoms with Crippen LogP contribution >= 0.6 is 11.3 Å². The number of carboxylic acids is 1. The van der Waals surface area contributed by atoms with Crippen LogP contribution in [0.2, 0.25) is 0 Å². The van der Waals surface area contributed by atoms with E-state index in [9.17, 15) is 33.6 Å². The van der Waals surface area contributed by atoms with Gasteiger partial charge in [0.2, 0.25) is 35.3 Å². The zero-order valence-corrected chi connectivity index (χ0v) is 26.2. The standard InChI is InChI=1S/C28H39N9O8S/c1-14(33-15(2)38)24(43)35-19(10-12-22(40)41)26(45)36-18(9-11-21(29)39)25(44)34-17(7-5-13-32-28(30)31)23(42)27-37-16-6-3-4-8-20(16)46-27/h3-4,6,8,14,17-19H,5,7,9-13H2,1-2H3,(H2,29,39)(H,33,38)(H,34,44)(H,35,43)(H,36,45)(H,40,41)(H4,30,31,32)/t14-,17-,18-,19-/m0/s1. The number of thiazole rings is 1. The maximum Gasteiger partial charge on any atom is 0.303 e. The highest BCUT2D eigenvalue weighted by molar-refractivity contribution is 7.20. The minimum atomic E-state index is -1.43. The quantitative estimate of drug-likeness (QED) is 0.0375. The molecular formula is C28H39N9O8S. The van der Waals surface area contributed by atoms with Crippen LogP contribution in [0.25, 0.3) is 10.2 Å². The van der Waals surface area contributed by atoms with Crippen LogP contribution in [0.4, 0.5) is 0 Å². The molecule has 0 saturated carbocycles. The third-order valence-corrected chi connectivity index (χ3v) is 7.58. The smallest absolute Gasteiger partial charge is 0.303 e. The van der Waals surface area contributed by atoms with Crippen molar-refractivity contribution in [2.75, 3.05) is 6.54 Å². The molecule has 0 aliphatic heterocycles. The van der Waals surface area contributed by atoms with Crippen molar-refractivity contribution in [3.05, 3.63) is 29.3 Å². The van der Waals surface area contributed by atoms with Gasteiger partial charge in [-0.05, 0) is 44.7 Å². The van der Waals surface area contributed by atoms with Crippen LogP contribution < -0.4 is 38.1 Å². The maximum atomic E-state index is 13.6. The van der Waals surface area contributed by atoms with Crippen LogP contribution in [0.15, 0.2) is 24.3 Å². The number of Topliss-reactive ketones (excluding diaryl/α,β-unsaturated/α-hetero) is 1. The first-order chi connectivity index (χ1) is 21.7. The Morgan fingerprint density at radius 2 is 1.46 bits per heavy atom. The lowest BCUT2D eigenvalue weighted by Crippen LogP contribution is -2.57. The zero-order chi connectivity index (χ0) is 34.4. The Balaban J connectivity index is 2.30. The predicted octanol–water partition coefficient (Wildman–Crippen LogP) is -1.15. The van der Waals surface area contributed by atoms with Crippen LogP contribution in [0.5, 0.6) is 0 Å². The van der Waals surface area contributed by atoms with Crippen molar-refractivity contribution in [1.82, 2.24) is 31.6 Å². The number of aromatic nitrogens is 1. The number of nitrogens with zero attached hydrogens (tertiary/aromatic N) is 1. The first-order valence-corrected chi connectivity index (χ1v) is 15.2. The maximum absolute atomic E-state index is 13.6. The summed E-state index contributed by atoms with van der Waals surface area (Å²) in [6.07, 6.45) is -1.08. The third kappa shape index (κ3) is 12.5. The number of carbonyl (C=O) groups is 7. The summed E-state index contributed by atoms with van der Waals surface area (Å²) in [5.41, 5.74) is 11.2. The number of aliphatic carboxylic acids is 1. The first kappa shape index (κ1) is 37.1. The monoisotopic (exact) mass is 661 g/mol. The summed E-state index contributed by atoms with van der Waals surface area (Å²) in [7, 11) is 0. The number of rotatable bonds is 19. The number of primary amides is 1. The molecule has 1 heterocycles. The molecular weight excluding hydrogens is 622 g/mol. The molecule has 0 spiro atoms. The molecule has 18 heteroatoms. The fraction of sp³-hybridized carbons (Fsp3) is 0.464. The number of nitrogens with one attached hydrogen (secondary N) is 6. The molecule has 17 nitrogen and oxygen atoms in total. The zero-order valence-electron chi connectivity index (χ0n) is 25.4. The van der Waals surface area contributed by atoms with Gasteiger partial charge in [0.15, 0.2) is 11.0 Å². The summed E-state index contributed by atoms with van der Waals surface area (Å²) < 4.78 is 0.753. The Kier molecular flexibility index (Phi) is 14.5. The summed E-state index contributed by atoms with van der Waals surface area (Å²) in [6.45, 7) is 2.77. The van der Waals surface area contributed by atoms with Gasteiger partial charge in [-0.3, -0.25) is 39.0 Å². The average molecular weight is 662 g/mol. The SMILES string of the molecule is CC(=O)N[C@@H](C)C(=O)N[C@@H](CCC(=O)O)C(=O)N[C@@H](CCC(N)=O)C(=O)N[C@@H](CCCNC(=N)N)C(=O)c1nc2ccccc2s1. The summed E-state index contributed by atoms with van der Waals surface area (Å²) in [6, 6.07) is 2.05. The normalized spacial score (nSPS) is 13.3. The van der Waals surface area contributed by atoms with E-state index >= 15 is 0 Å². The van der Waals surface area contributed by atoms with Crippen molar-refractivity contribution in [3.63, 3.8) is 0 Å². The van der Waals surface area contributed by atoms with Crippen LogP contribution in [0.3, 0.4) is 0 Å². The minimum absolute atomic E-state index is 0.0929. The molecule has 4 atom stereocenters. The molecule has 0 fully saturated rings. The van der Waals surface area contributed by atoms with E-state index in [1.807, 2.05) is 0 Å². The molecule has 0 aliphatic rings. The number of hydrogen-bond acceptors (Lipinski definition) is 10. The number of benzene rings is 1. The van der Waals surface area contributed by atoms with Crippen LogP contribution in [0.1, 0.15) is 62.2 Å². The molecule has 0 saturated heterocycles. The molecule has 2 rings (SSSR count). The lowest BCUT2D eigenvalue weighted by atomic mass is 10.0. The highest BCUT2D eigenvalue weighted by Crippen LogP contribution is 2.23. The number of fused-ring (bicyclic) bond motifs is 1. The van der Waals surface area contributed by atoms with Crippen molar-refractivity contribution >= 4 is 68.8 Å². The number of carbonyl (C=O) groups excluding carboxylic acids is 6. The van der Waals surface area contributed by atoms with E-state index < -0.39 is 71.9 Å². The molecule has 1 aromatic heterocycles. The lowest BCUT2D eigenvalue weighted by Gasteiger charge is -2.25. The number of ketones is 1. The molecule has 0 aliphatic carbocycles. The fourth-order valence-corrected chi connectivity index (χ4v) is 5.19. The fourth-order valence-electron chi connectivity index (χ4n) is 4.23. The molecule has 2 aromatic rings. The van der Waals surface area contributed by atoms with Gasteiger partial charge < -0.3 is 43.2 Å². The van der Waals surface area contributed by atoms with Crippen LogP contribution in [-0.4, -0.2) is 88.1 Å². The second-order valence-corrected chi connectivity index (χ2v) is 11.4. The van der Waals surface area contributed by atoms with Crippen molar-refractivity contribution in [1.29, 1.82) is 5.41 Å². The Morgan fingerprint density at radius 3 is 2.02 bits per heavy atom. The van der Waals surface area contributed by atoms with Gasteiger partial charge in [0.25, 0.3) is 0 Å². The number of carboxylic acid groups (broad SMARTS) is 1. The Morgan fingerprint density at radius 1 is 0.870 bits per heavy atom. The van der Waals surface area contributed by atoms with E-state index in [1.54, 1.807) is 24.3 Å². The van der Waals surface area contributed by atoms with Crippen molar-refractivity contribution in [2.24, 2.45) is 11.5 Å². The third-order valence-electron chi connectivity index (χ3n) is 6.53. The molecule has 11 N–H and O–H groups in total. The first-order valence-electron chi connectivity index (χ1n) is 14.3. The van der Waals surface area contributed by atoms with Gasteiger partial charge in [-0.15, -0.1) is 11.3 Å². The molecule has 0 radical (unpaired) electrons. The van der Waals surface area contributed by atoms with Gasteiger partial charge in [-0.2, -0.15) is 0 Å². The number of nitrogens with two attached hydrogens (primary N) is 2. The molecule has 0 bridgehead atoms. The van der Waals surface area contributed by atoms with Gasteiger partial charge in [0.05, 0.1) is 16.3 Å². The van der Waals surface area contributed by atoms with E-state index in [0.717, 1.165) is 16.0 Å². The number of para-hydroxylation sites is 1. The summed E-state index contributed by atoms with van der Waals surface area (Å²) >= 11 is 1.13. The van der Waals surface area contributed by atoms with Crippen LogP contribution in [-0.2, 0) is 28.8 Å². The van der Waals surface area contributed by atoms with E-state index in [1.165, 1.54) is 13.8 Å². The summed E-state index contributed by atoms with van der Waals surface area (Å²) in [5, 5.41) is 29.0. The molecule has 46 heavy (non-hydrogen) atoms. The summed E-state index contributed by atoms with van der Waals surface area (Å²) in [5.74, 6) is -5.87. The van der Waals surface area contributed by atoms with Crippen molar-refractivity contribution in [3.8, 4) is 0 Å². The van der Waals surface area contributed by atoms with E-state index in [2.05, 4.69) is 31.6 Å². The van der Waals surface area contributed by atoms with Gasteiger partial charge in [-0.25, -0.2) is 4.98 Å². The highest BCUT2D eigenvalue weighted by atomic mass is 32.1. The van der Waals surface area contributed by atoms with Gasteiger partial charge >= 0.3 is 5.97 Å². The average Bonchev–Trinajstić information content (AvgIpc) is 3.42. The molecule has 250 valence electrons. The predicted molar refractivity (Wildman–Crippen MR) is 167 cm³/mol. The van der Waals surface area contributed by atoms with E-state index in [0.29, 0.717) is 11.9 Å². The molecule has 1 aromatic carbocycles. The van der Waals surface area contributed by atoms with Crippen molar-refractivity contribution in [2.45, 2.75) is 76.5 Å². The number of guanidine groups is 1.